The van der Waals surface area contributed by atoms with Crippen molar-refractivity contribution in [2.75, 3.05) is 16.4 Å². The van der Waals surface area contributed by atoms with Crippen molar-refractivity contribution in [3.63, 3.8) is 0 Å². The summed E-state index contributed by atoms with van der Waals surface area (Å²) in [5.74, 6) is 1.03. The van der Waals surface area contributed by atoms with Crippen molar-refractivity contribution in [2.24, 2.45) is 0 Å². The number of para-hydroxylation sites is 1. The van der Waals surface area contributed by atoms with Gasteiger partial charge in [-0.1, -0.05) is 35.1 Å². The summed E-state index contributed by atoms with van der Waals surface area (Å²) in [4.78, 5) is 13.2. The van der Waals surface area contributed by atoms with E-state index in [1.807, 2.05) is 50.2 Å². The molecule has 8 heteroatoms. The van der Waals surface area contributed by atoms with Crippen molar-refractivity contribution in [1.29, 1.82) is 0 Å². The first kappa shape index (κ1) is 17.5. The van der Waals surface area contributed by atoms with E-state index in [9.17, 15) is 0 Å². The van der Waals surface area contributed by atoms with E-state index in [2.05, 4.69) is 25.6 Å². The van der Waals surface area contributed by atoms with E-state index in [4.69, 9.17) is 17.3 Å². The number of hydrogen-bond acceptors (Lipinski definition) is 7. The SMILES string of the molecule is Cc1cc(Cl)ccc1Nc1ncnc(Nc2nc3c(C)cccc3s2)c1N. The fraction of sp³-hybridized carbons (Fsp3) is 0.105. The van der Waals surface area contributed by atoms with Crippen LogP contribution >= 0.6 is 22.9 Å². The Bertz CT molecular complexity index is 1140. The Morgan fingerprint density at radius 2 is 1.78 bits per heavy atom. The Kier molecular flexibility index (Phi) is 4.55. The first-order chi connectivity index (χ1) is 13.0. The fourth-order valence-corrected chi connectivity index (χ4v) is 3.90. The van der Waals surface area contributed by atoms with Gasteiger partial charge in [0, 0.05) is 10.7 Å². The molecule has 0 radical (unpaired) electrons. The molecule has 0 spiro atoms. The van der Waals surface area contributed by atoms with Gasteiger partial charge in [0.1, 0.15) is 12.0 Å². The van der Waals surface area contributed by atoms with Gasteiger partial charge in [-0.3, -0.25) is 0 Å². The Hall–Kier alpha value is -2.90. The van der Waals surface area contributed by atoms with Crippen molar-refractivity contribution in [3.05, 3.63) is 58.9 Å². The second-order valence-corrected chi connectivity index (χ2v) is 7.60. The minimum Gasteiger partial charge on any atom is -0.393 e. The Morgan fingerprint density at radius 3 is 2.52 bits per heavy atom. The lowest BCUT2D eigenvalue weighted by Crippen LogP contribution is -2.05. The molecule has 2 heterocycles. The van der Waals surface area contributed by atoms with Crippen LogP contribution in [0.25, 0.3) is 10.2 Å². The van der Waals surface area contributed by atoms with Gasteiger partial charge in [-0.05, 0) is 49.2 Å². The molecule has 136 valence electrons. The van der Waals surface area contributed by atoms with Crippen LogP contribution in [0.3, 0.4) is 0 Å². The molecule has 6 nitrogen and oxygen atoms in total. The van der Waals surface area contributed by atoms with Crippen molar-refractivity contribution in [1.82, 2.24) is 15.0 Å². The topological polar surface area (TPSA) is 88.8 Å². The lowest BCUT2D eigenvalue weighted by molar-refractivity contribution is 1.17. The van der Waals surface area contributed by atoms with Gasteiger partial charge >= 0.3 is 0 Å². The van der Waals surface area contributed by atoms with Crippen LogP contribution < -0.4 is 16.4 Å². The molecule has 0 saturated carbocycles. The van der Waals surface area contributed by atoms with E-state index in [1.165, 1.54) is 6.33 Å². The van der Waals surface area contributed by atoms with Gasteiger partial charge in [0.05, 0.1) is 10.2 Å². The summed E-state index contributed by atoms with van der Waals surface area (Å²) in [6.07, 6.45) is 1.46. The number of benzene rings is 2. The molecule has 4 rings (SSSR count). The number of aromatic nitrogens is 3. The molecule has 4 N–H and O–H groups in total. The van der Waals surface area contributed by atoms with Gasteiger partial charge < -0.3 is 16.4 Å². The number of anilines is 5. The predicted molar refractivity (Wildman–Crippen MR) is 114 cm³/mol. The largest absolute Gasteiger partial charge is 0.393 e. The van der Waals surface area contributed by atoms with E-state index in [1.54, 1.807) is 11.3 Å². The van der Waals surface area contributed by atoms with E-state index < -0.39 is 0 Å². The monoisotopic (exact) mass is 396 g/mol. The number of halogens is 1. The molecule has 0 unspecified atom stereocenters. The molecule has 0 atom stereocenters. The van der Waals surface area contributed by atoms with Gasteiger partial charge in [0.2, 0.25) is 0 Å². The van der Waals surface area contributed by atoms with E-state index >= 15 is 0 Å². The zero-order valence-corrected chi connectivity index (χ0v) is 16.3. The van der Waals surface area contributed by atoms with Gasteiger partial charge in [0.25, 0.3) is 0 Å². The number of aryl methyl sites for hydroxylation is 2. The van der Waals surface area contributed by atoms with Crippen molar-refractivity contribution in [3.8, 4) is 0 Å². The molecule has 0 aliphatic carbocycles. The molecule has 0 saturated heterocycles. The summed E-state index contributed by atoms with van der Waals surface area (Å²) in [6, 6.07) is 11.7. The van der Waals surface area contributed by atoms with Crippen molar-refractivity contribution in [2.45, 2.75) is 13.8 Å². The average Bonchev–Trinajstić information content (AvgIpc) is 3.05. The second kappa shape index (κ2) is 7.02. The number of rotatable bonds is 4. The Morgan fingerprint density at radius 1 is 1.00 bits per heavy atom. The van der Waals surface area contributed by atoms with Crippen LogP contribution in [0.1, 0.15) is 11.1 Å². The Balaban J connectivity index is 1.64. The molecular weight excluding hydrogens is 380 g/mol. The van der Waals surface area contributed by atoms with E-state index in [0.29, 0.717) is 22.3 Å². The highest BCUT2D eigenvalue weighted by atomic mass is 35.5. The van der Waals surface area contributed by atoms with Crippen LogP contribution in [0.4, 0.5) is 28.1 Å². The minimum absolute atomic E-state index is 0.419. The molecule has 0 aliphatic heterocycles. The van der Waals surface area contributed by atoms with Gasteiger partial charge in [-0.2, -0.15) is 0 Å². The highest BCUT2D eigenvalue weighted by Crippen LogP contribution is 2.33. The van der Waals surface area contributed by atoms with Crippen LogP contribution in [0.2, 0.25) is 5.02 Å². The fourth-order valence-electron chi connectivity index (χ4n) is 2.73. The van der Waals surface area contributed by atoms with Crippen molar-refractivity contribution < 1.29 is 0 Å². The van der Waals surface area contributed by atoms with Gasteiger partial charge in [0.15, 0.2) is 16.8 Å². The Labute approximate surface area is 165 Å². The number of nitrogens with one attached hydrogen (secondary N) is 2. The number of fused-ring (bicyclic) bond motifs is 1. The quantitative estimate of drug-likeness (QED) is 0.426. The number of thiazole rings is 1. The molecule has 0 aliphatic rings. The second-order valence-electron chi connectivity index (χ2n) is 6.13. The molecule has 0 bridgehead atoms. The van der Waals surface area contributed by atoms with Crippen LogP contribution in [0, 0.1) is 13.8 Å². The summed E-state index contributed by atoms with van der Waals surface area (Å²) < 4.78 is 1.11. The lowest BCUT2D eigenvalue weighted by Gasteiger charge is -2.13. The predicted octanol–water partition coefficient (Wildman–Crippen LogP) is 5.43. The summed E-state index contributed by atoms with van der Waals surface area (Å²) >= 11 is 7.57. The highest BCUT2D eigenvalue weighted by molar-refractivity contribution is 7.22. The first-order valence-electron chi connectivity index (χ1n) is 8.28. The molecule has 27 heavy (non-hydrogen) atoms. The summed E-state index contributed by atoms with van der Waals surface area (Å²) in [6.45, 7) is 4.01. The minimum atomic E-state index is 0.419. The summed E-state index contributed by atoms with van der Waals surface area (Å²) in [5.41, 5.74) is 10.7. The smallest absolute Gasteiger partial charge is 0.189 e. The van der Waals surface area contributed by atoms with Crippen LogP contribution in [-0.4, -0.2) is 15.0 Å². The zero-order chi connectivity index (χ0) is 19.0. The molecular formula is C19H17ClN6S. The lowest BCUT2D eigenvalue weighted by atomic mass is 10.2. The third-order valence-corrected chi connectivity index (χ3v) is 5.34. The standard InChI is InChI=1S/C19H17ClN6S/c1-10-4-3-5-14-16(10)25-19(27-14)26-18-15(21)17(22-9-23-18)24-13-7-6-12(20)8-11(13)2/h3-9H,21H2,1-2H3,(H2,22,23,24,25,26). The molecule has 2 aromatic heterocycles. The molecule has 0 amide bonds. The average molecular weight is 397 g/mol. The van der Waals surface area contributed by atoms with Gasteiger partial charge in [-0.15, -0.1) is 0 Å². The molecule has 4 aromatic rings. The molecule has 0 fully saturated rings. The number of hydrogen-bond donors (Lipinski definition) is 3. The maximum atomic E-state index is 6.28. The first-order valence-corrected chi connectivity index (χ1v) is 9.47. The summed E-state index contributed by atoms with van der Waals surface area (Å²) in [5, 5.41) is 7.86. The van der Waals surface area contributed by atoms with Crippen LogP contribution in [-0.2, 0) is 0 Å². The maximum absolute atomic E-state index is 6.28. The number of nitrogens with two attached hydrogens (primary N) is 1. The molecule has 2 aromatic carbocycles. The van der Waals surface area contributed by atoms with E-state index in [0.717, 1.165) is 32.2 Å². The van der Waals surface area contributed by atoms with Crippen LogP contribution in [0.5, 0.6) is 0 Å². The third-order valence-electron chi connectivity index (χ3n) is 4.17. The van der Waals surface area contributed by atoms with E-state index in [-0.39, 0.29) is 0 Å². The van der Waals surface area contributed by atoms with Crippen molar-refractivity contribution >= 4 is 61.3 Å². The number of nitrogen functional groups attached to an aromatic ring is 1. The normalized spacial score (nSPS) is 10.9. The number of nitrogens with zero attached hydrogens (tertiary/aromatic N) is 3. The van der Waals surface area contributed by atoms with Gasteiger partial charge in [-0.25, -0.2) is 15.0 Å². The van der Waals surface area contributed by atoms with Crippen LogP contribution in [0.15, 0.2) is 42.7 Å². The zero-order valence-electron chi connectivity index (χ0n) is 14.7. The highest BCUT2D eigenvalue weighted by Gasteiger charge is 2.12. The summed E-state index contributed by atoms with van der Waals surface area (Å²) in [7, 11) is 0. The third kappa shape index (κ3) is 3.51. The maximum Gasteiger partial charge on any atom is 0.189 e.